The Morgan fingerprint density at radius 1 is 1.44 bits per heavy atom. The first-order chi connectivity index (χ1) is 12.1. The summed E-state index contributed by atoms with van der Waals surface area (Å²) >= 11 is 1.46. The Bertz CT molecular complexity index is 1030. The maximum atomic E-state index is 12.4. The number of nitrogens with one attached hydrogen (secondary N) is 1. The fourth-order valence-corrected chi connectivity index (χ4v) is 3.15. The molecule has 3 aromatic rings. The van der Waals surface area contributed by atoms with Crippen molar-refractivity contribution < 1.29 is 9.53 Å². The highest BCUT2D eigenvalue weighted by Gasteiger charge is 2.11. The molecule has 0 aliphatic heterocycles. The molecule has 0 spiro atoms. The molecule has 0 saturated carbocycles. The number of fused-ring (bicyclic) bond motifs is 1. The van der Waals surface area contributed by atoms with E-state index in [1.165, 1.54) is 17.7 Å². The van der Waals surface area contributed by atoms with Crippen molar-refractivity contribution in [2.75, 3.05) is 12.0 Å². The molecule has 0 unspecified atom stereocenters. The Kier molecular flexibility index (Phi) is 4.77. The van der Waals surface area contributed by atoms with Crippen molar-refractivity contribution in [1.29, 1.82) is 5.26 Å². The third-order valence-corrected chi connectivity index (χ3v) is 4.65. The van der Waals surface area contributed by atoms with Crippen LogP contribution in [0.5, 0.6) is 5.75 Å². The van der Waals surface area contributed by atoms with E-state index in [4.69, 9.17) is 10.00 Å². The Morgan fingerprint density at radius 3 is 3.00 bits per heavy atom. The number of hydrogen-bond acceptors (Lipinski definition) is 6. The zero-order chi connectivity index (χ0) is 17.8. The van der Waals surface area contributed by atoms with E-state index in [1.54, 1.807) is 30.3 Å². The van der Waals surface area contributed by atoms with Crippen LogP contribution in [-0.4, -0.2) is 22.2 Å². The monoisotopic (exact) mass is 354 g/mol. The van der Waals surface area contributed by atoms with Gasteiger partial charge in [-0.15, -0.1) is 11.3 Å². The highest BCUT2D eigenvalue weighted by molar-refractivity contribution is 7.18. The minimum Gasteiger partial charge on any atom is -0.482 e. The molecular formula is C17H14N4O3S. The van der Waals surface area contributed by atoms with Gasteiger partial charge in [-0.05, 0) is 24.6 Å². The quantitative estimate of drug-likeness (QED) is 0.756. The molecule has 0 fully saturated rings. The Labute approximate surface area is 147 Å². The van der Waals surface area contributed by atoms with E-state index in [-0.39, 0.29) is 12.2 Å². The smallest absolute Gasteiger partial charge is 0.280 e. The van der Waals surface area contributed by atoms with Crippen LogP contribution in [0.15, 0.2) is 41.5 Å². The van der Waals surface area contributed by atoms with Gasteiger partial charge in [0.25, 0.3) is 11.5 Å². The van der Waals surface area contributed by atoms with E-state index in [0.717, 1.165) is 16.0 Å². The molecule has 3 rings (SSSR count). The number of ether oxygens (including phenoxy) is 1. The zero-order valence-electron chi connectivity index (χ0n) is 13.4. The number of rotatable bonds is 5. The molecule has 2 heterocycles. The summed E-state index contributed by atoms with van der Waals surface area (Å²) in [5.74, 6) is -0.214. The highest BCUT2D eigenvalue weighted by Crippen LogP contribution is 2.20. The molecule has 0 aliphatic carbocycles. The normalized spacial score (nSPS) is 10.4. The van der Waals surface area contributed by atoms with Gasteiger partial charge < -0.3 is 4.74 Å². The minimum atomic E-state index is -0.526. The van der Waals surface area contributed by atoms with Gasteiger partial charge in [-0.25, -0.2) is 9.66 Å². The second-order valence-electron chi connectivity index (χ2n) is 5.14. The summed E-state index contributed by atoms with van der Waals surface area (Å²) in [5.41, 5.74) is 2.43. The van der Waals surface area contributed by atoms with Gasteiger partial charge >= 0.3 is 0 Å². The number of para-hydroxylation sites is 1. The first kappa shape index (κ1) is 16.7. The third kappa shape index (κ3) is 3.51. The standard InChI is InChI=1S/C17H14N4O3S/c1-2-12-7-13-16(25-12)19-10-21(17(13)23)20-15(22)9-24-14-6-4-3-5-11(14)8-18/h3-7,10H,2,9H2,1H3,(H,20,22). The molecule has 0 aliphatic rings. The zero-order valence-corrected chi connectivity index (χ0v) is 14.2. The predicted octanol–water partition coefficient (Wildman–Crippen LogP) is 2.04. The number of nitrogens with zero attached hydrogens (tertiary/aromatic N) is 3. The number of hydrogen-bond donors (Lipinski definition) is 1. The lowest BCUT2D eigenvalue weighted by Gasteiger charge is -2.09. The van der Waals surface area contributed by atoms with E-state index in [1.807, 2.05) is 13.0 Å². The van der Waals surface area contributed by atoms with Crippen LogP contribution in [0.1, 0.15) is 17.4 Å². The molecule has 126 valence electrons. The molecule has 2 aromatic heterocycles. The van der Waals surface area contributed by atoms with Crippen LogP contribution in [0.2, 0.25) is 0 Å². The maximum Gasteiger partial charge on any atom is 0.280 e. The summed E-state index contributed by atoms with van der Waals surface area (Å²) in [6.45, 7) is 1.68. The lowest BCUT2D eigenvalue weighted by molar-refractivity contribution is -0.119. The lowest BCUT2D eigenvalue weighted by Crippen LogP contribution is -2.35. The van der Waals surface area contributed by atoms with E-state index < -0.39 is 5.91 Å². The largest absolute Gasteiger partial charge is 0.482 e. The van der Waals surface area contributed by atoms with Crippen molar-refractivity contribution in [3.8, 4) is 11.8 Å². The lowest BCUT2D eigenvalue weighted by atomic mass is 10.2. The fraction of sp³-hybridized carbons (Fsp3) is 0.176. The predicted molar refractivity (Wildman–Crippen MR) is 94.3 cm³/mol. The molecule has 8 heteroatoms. The number of carbonyl (C=O) groups is 1. The van der Waals surface area contributed by atoms with Crippen LogP contribution >= 0.6 is 11.3 Å². The summed E-state index contributed by atoms with van der Waals surface area (Å²) in [6.07, 6.45) is 2.10. The molecule has 0 saturated heterocycles. The van der Waals surface area contributed by atoms with Crippen molar-refractivity contribution in [3.05, 3.63) is 57.5 Å². The van der Waals surface area contributed by atoms with Crippen LogP contribution in [0.4, 0.5) is 0 Å². The fourth-order valence-electron chi connectivity index (χ4n) is 2.22. The summed E-state index contributed by atoms with van der Waals surface area (Å²) in [6, 6.07) is 10.4. The minimum absolute atomic E-state index is 0.312. The van der Waals surface area contributed by atoms with Crippen molar-refractivity contribution in [2.24, 2.45) is 0 Å². The average Bonchev–Trinajstić information content (AvgIpc) is 3.07. The second-order valence-corrected chi connectivity index (χ2v) is 6.25. The van der Waals surface area contributed by atoms with Gasteiger partial charge in [-0.2, -0.15) is 5.26 Å². The van der Waals surface area contributed by atoms with E-state index in [9.17, 15) is 9.59 Å². The Balaban J connectivity index is 1.73. The topological polar surface area (TPSA) is 97.0 Å². The first-order valence-electron chi connectivity index (χ1n) is 7.54. The van der Waals surface area contributed by atoms with Crippen LogP contribution in [-0.2, 0) is 11.2 Å². The van der Waals surface area contributed by atoms with Crippen molar-refractivity contribution in [1.82, 2.24) is 9.66 Å². The maximum absolute atomic E-state index is 12.4. The van der Waals surface area contributed by atoms with Crippen molar-refractivity contribution >= 4 is 27.5 Å². The van der Waals surface area contributed by atoms with Crippen LogP contribution < -0.4 is 15.7 Å². The van der Waals surface area contributed by atoms with Gasteiger partial charge in [0.15, 0.2) is 6.61 Å². The van der Waals surface area contributed by atoms with Crippen LogP contribution in [0.25, 0.3) is 10.2 Å². The number of thiophene rings is 1. The second kappa shape index (κ2) is 7.15. The third-order valence-electron chi connectivity index (χ3n) is 3.46. The molecule has 7 nitrogen and oxygen atoms in total. The molecule has 0 radical (unpaired) electrons. The van der Waals surface area contributed by atoms with Gasteiger partial charge in [0, 0.05) is 4.88 Å². The first-order valence-corrected chi connectivity index (χ1v) is 8.36. The van der Waals surface area contributed by atoms with Gasteiger partial charge in [0.05, 0.1) is 10.9 Å². The van der Waals surface area contributed by atoms with Gasteiger partial charge in [0.2, 0.25) is 0 Å². The number of aryl methyl sites for hydroxylation is 1. The number of benzene rings is 1. The molecule has 1 amide bonds. The number of aromatic nitrogens is 2. The summed E-state index contributed by atoms with van der Waals surface area (Å²) in [7, 11) is 0. The molecule has 25 heavy (non-hydrogen) atoms. The van der Waals surface area contributed by atoms with E-state index in [0.29, 0.717) is 21.5 Å². The molecule has 1 aromatic carbocycles. The summed E-state index contributed by atoms with van der Waals surface area (Å²) < 4.78 is 6.38. The van der Waals surface area contributed by atoms with E-state index in [2.05, 4.69) is 10.4 Å². The molecular weight excluding hydrogens is 340 g/mol. The molecule has 1 N–H and O–H groups in total. The highest BCUT2D eigenvalue weighted by atomic mass is 32.1. The SMILES string of the molecule is CCc1cc2c(=O)n(NC(=O)COc3ccccc3C#N)cnc2s1. The average molecular weight is 354 g/mol. The van der Waals surface area contributed by atoms with Gasteiger partial charge in [-0.1, -0.05) is 19.1 Å². The molecule has 0 atom stereocenters. The number of nitriles is 1. The van der Waals surface area contributed by atoms with E-state index >= 15 is 0 Å². The Morgan fingerprint density at radius 2 is 2.24 bits per heavy atom. The van der Waals surface area contributed by atoms with Crippen molar-refractivity contribution in [3.63, 3.8) is 0 Å². The van der Waals surface area contributed by atoms with Crippen LogP contribution in [0.3, 0.4) is 0 Å². The number of carbonyl (C=O) groups excluding carboxylic acids is 1. The summed E-state index contributed by atoms with van der Waals surface area (Å²) in [4.78, 5) is 30.3. The van der Waals surface area contributed by atoms with Crippen LogP contribution in [0, 0.1) is 11.3 Å². The summed E-state index contributed by atoms with van der Waals surface area (Å²) in [5, 5.41) is 9.47. The van der Waals surface area contributed by atoms with Crippen molar-refractivity contribution in [2.45, 2.75) is 13.3 Å². The number of amides is 1. The Hall–Kier alpha value is -3.18. The van der Waals surface area contributed by atoms with Gasteiger partial charge in [-0.3, -0.25) is 15.0 Å². The molecule has 0 bridgehead atoms. The van der Waals surface area contributed by atoms with Gasteiger partial charge in [0.1, 0.15) is 23.0 Å².